The highest BCUT2D eigenvalue weighted by Crippen LogP contribution is 2.36. The largest absolute Gasteiger partial charge is 0.493 e. The van der Waals surface area contributed by atoms with Crippen LogP contribution in [-0.4, -0.2) is 56.7 Å². The van der Waals surface area contributed by atoms with Gasteiger partial charge < -0.3 is 25.3 Å². The Labute approximate surface area is 179 Å². The predicted molar refractivity (Wildman–Crippen MR) is 113 cm³/mol. The van der Waals surface area contributed by atoms with E-state index in [1.165, 1.54) is 19.2 Å². The van der Waals surface area contributed by atoms with Crippen LogP contribution < -0.4 is 20.5 Å². The zero-order chi connectivity index (χ0) is 21.5. The van der Waals surface area contributed by atoms with Gasteiger partial charge in [0.25, 0.3) is 11.8 Å². The standard InChI is InChI=1S/C21H24ClN3O5/c1-28-18-11-15(10-17(22)20(18)30-13-19(23)26)21(27)24-16-4-2-3-14(9-16)12-25-5-7-29-8-6-25/h2-4,9-11H,5-8,12-13H2,1H3,(H2,23,26)(H,24,27). The molecule has 160 valence electrons. The van der Waals surface area contributed by atoms with Crippen molar-refractivity contribution in [1.29, 1.82) is 0 Å². The number of hydrogen-bond donors (Lipinski definition) is 2. The number of amides is 2. The van der Waals surface area contributed by atoms with Crippen molar-refractivity contribution in [3.8, 4) is 11.5 Å². The fourth-order valence-electron chi connectivity index (χ4n) is 3.10. The second-order valence-corrected chi connectivity index (χ2v) is 7.19. The number of hydrogen-bond acceptors (Lipinski definition) is 6. The number of anilines is 1. The summed E-state index contributed by atoms with van der Waals surface area (Å²) in [5.41, 5.74) is 7.16. The van der Waals surface area contributed by atoms with Crippen molar-refractivity contribution in [1.82, 2.24) is 4.90 Å². The lowest BCUT2D eigenvalue weighted by atomic mass is 10.1. The summed E-state index contributed by atoms with van der Waals surface area (Å²) >= 11 is 6.22. The summed E-state index contributed by atoms with van der Waals surface area (Å²) in [6.07, 6.45) is 0. The van der Waals surface area contributed by atoms with Gasteiger partial charge in [-0.3, -0.25) is 14.5 Å². The molecule has 3 rings (SSSR count). The van der Waals surface area contributed by atoms with E-state index in [9.17, 15) is 9.59 Å². The number of halogens is 1. The fraction of sp³-hybridized carbons (Fsp3) is 0.333. The SMILES string of the molecule is COc1cc(C(=O)Nc2cccc(CN3CCOCC3)c2)cc(Cl)c1OCC(N)=O. The topological polar surface area (TPSA) is 103 Å². The minimum atomic E-state index is -0.646. The predicted octanol–water partition coefficient (Wildman–Crippen LogP) is 2.30. The van der Waals surface area contributed by atoms with Crippen LogP contribution in [0, 0.1) is 0 Å². The Morgan fingerprint density at radius 1 is 1.23 bits per heavy atom. The van der Waals surface area contributed by atoms with Gasteiger partial charge in [-0.1, -0.05) is 23.7 Å². The van der Waals surface area contributed by atoms with Crippen molar-refractivity contribution in [2.24, 2.45) is 5.73 Å². The molecule has 0 saturated carbocycles. The molecule has 0 bridgehead atoms. The van der Waals surface area contributed by atoms with Crippen LogP contribution in [-0.2, 0) is 16.1 Å². The van der Waals surface area contributed by atoms with Crippen LogP contribution in [0.1, 0.15) is 15.9 Å². The van der Waals surface area contributed by atoms with Gasteiger partial charge in [0.15, 0.2) is 18.1 Å². The normalized spacial score (nSPS) is 14.2. The summed E-state index contributed by atoms with van der Waals surface area (Å²) in [6, 6.07) is 10.6. The number of benzene rings is 2. The molecule has 1 aliphatic rings. The van der Waals surface area contributed by atoms with Gasteiger partial charge in [0.1, 0.15) is 0 Å². The van der Waals surface area contributed by atoms with Gasteiger partial charge in [-0.25, -0.2) is 0 Å². The molecule has 8 nitrogen and oxygen atoms in total. The lowest BCUT2D eigenvalue weighted by molar-refractivity contribution is -0.119. The van der Waals surface area contributed by atoms with E-state index < -0.39 is 5.91 Å². The molecule has 0 atom stereocenters. The van der Waals surface area contributed by atoms with Crippen LogP contribution in [0.3, 0.4) is 0 Å². The highest BCUT2D eigenvalue weighted by atomic mass is 35.5. The number of rotatable bonds is 8. The number of methoxy groups -OCH3 is 1. The van der Waals surface area contributed by atoms with E-state index >= 15 is 0 Å². The van der Waals surface area contributed by atoms with E-state index in [0.29, 0.717) is 11.3 Å². The summed E-state index contributed by atoms with van der Waals surface area (Å²) in [5, 5.41) is 3.01. The minimum Gasteiger partial charge on any atom is -0.493 e. The van der Waals surface area contributed by atoms with Crippen molar-refractivity contribution in [3.63, 3.8) is 0 Å². The zero-order valence-electron chi connectivity index (χ0n) is 16.7. The van der Waals surface area contributed by atoms with Crippen LogP contribution in [0.2, 0.25) is 5.02 Å². The van der Waals surface area contributed by atoms with Gasteiger partial charge in [0.05, 0.1) is 25.3 Å². The number of carbonyl (C=O) groups is 2. The molecule has 0 spiro atoms. The van der Waals surface area contributed by atoms with Crippen LogP contribution in [0.5, 0.6) is 11.5 Å². The molecule has 2 amide bonds. The first-order chi connectivity index (χ1) is 14.5. The molecular weight excluding hydrogens is 410 g/mol. The third kappa shape index (κ3) is 5.85. The quantitative estimate of drug-likeness (QED) is 0.662. The van der Waals surface area contributed by atoms with Crippen LogP contribution in [0.25, 0.3) is 0 Å². The van der Waals surface area contributed by atoms with Crippen molar-refractivity contribution in [3.05, 3.63) is 52.5 Å². The summed E-state index contributed by atoms with van der Waals surface area (Å²) < 4.78 is 15.9. The van der Waals surface area contributed by atoms with Crippen LogP contribution >= 0.6 is 11.6 Å². The molecule has 0 radical (unpaired) electrons. The monoisotopic (exact) mass is 433 g/mol. The molecule has 1 heterocycles. The van der Waals surface area contributed by atoms with E-state index in [-0.39, 0.29) is 29.0 Å². The third-order valence-corrected chi connectivity index (χ3v) is 4.83. The summed E-state index contributed by atoms with van der Waals surface area (Å²) in [7, 11) is 1.42. The molecule has 1 saturated heterocycles. The van der Waals surface area contributed by atoms with Crippen LogP contribution in [0.4, 0.5) is 5.69 Å². The summed E-state index contributed by atoms with van der Waals surface area (Å²) in [5.74, 6) is -0.607. The number of nitrogens with zero attached hydrogens (tertiary/aromatic N) is 1. The van der Waals surface area contributed by atoms with Crippen molar-refractivity contribution in [2.75, 3.05) is 45.3 Å². The molecule has 3 N–H and O–H groups in total. The zero-order valence-corrected chi connectivity index (χ0v) is 17.4. The molecule has 1 aliphatic heterocycles. The van der Waals surface area contributed by atoms with E-state index in [4.69, 9.17) is 31.5 Å². The Balaban J connectivity index is 1.71. The van der Waals surface area contributed by atoms with Crippen molar-refractivity contribution >= 4 is 29.1 Å². The van der Waals surface area contributed by atoms with Crippen LogP contribution in [0.15, 0.2) is 36.4 Å². The highest BCUT2D eigenvalue weighted by Gasteiger charge is 2.17. The first kappa shape index (κ1) is 21.9. The van der Waals surface area contributed by atoms with Gasteiger partial charge in [-0.2, -0.15) is 0 Å². The lowest BCUT2D eigenvalue weighted by Crippen LogP contribution is -2.35. The maximum absolute atomic E-state index is 12.7. The van der Waals surface area contributed by atoms with E-state index in [0.717, 1.165) is 38.4 Å². The van der Waals surface area contributed by atoms with Gasteiger partial charge in [-0.15, -0.1) is 0 Å². The second kappa shape index (κ2) is 10.3. The number of nitrogens with two attached hydrogens (primary N) is 1. The molecule has 30 heavy (non-hydrogen) atoms. The smallest absolute Gasteiger partial charge is 0.255 e. The minimum absolute atomic E-state index is 0.141. The molecule has 0 aliphatic carbocycles. The average molecular weight is 434 g/mol. The maximum atomic E-state index is 12.7. The number of carbonyl (C=O) groups excluding carboxylic acids is 2. The van der Waals surface area contributed by atoms with Crippen molar-refractivity contribution in [2.45, 2.75) is 6.54 Å². The first-order valence-corrected chi connectivity index (χ1v) is 9.83. The highest BCUT2D eigenvalue weighted by molar-refractivity contribution is 6.32. The van der Waals surface area contributed by atoms with Gasteiger partial charge >= 0.3 is 0 Å². The van der Waals surface area contributed by atoms with Gasteiger partial charge in [-0.05, 0) is 29.8 Å². The molecule has 2 aromatic rings. The third-order valence-electron chi connectivity index (χ3n) is 4.55. The Bertz CT molecular complexity index is 916. The molecule has 2 aromatic carbocycles. The number of primary amides is 1. The van der Waals surface area contributed by atoms with E-state index in [2.05, 4.69) is 10.2 Å². The number of ether oxygens (including phenoxy) is 3. The second-order valence-electron chi connectivity index (χ2n) is 6.79. The molecule has 1 fully saturated rings. The molecule has 9 heteroatoms. The van der Waals surface area contributed by atoms with E-state index in [1.54, 1.807) is 0 Å². The summed E-state index contributed by atoms with van der Waals surface area (Å²) in [6.45, 7) is 3.69. The first-order valence-electron chi connectivity index (χ1n) is 9.45. The van der Waals surface area contributed by atoms with Crippen molar-refractivity contribution < 1.29 is 23.8 Å². The Kier molecular flexibility index (Phi) is 7.51. The Morgan fingerprint density at radius 2 is 2.00 bits per heavy atom. The fourth-order valence-corrected chi connectivity index (χ4v) is 3.37. The molecule has 0 unspecified atom stereocenters. The van der Waals surface area contributed by atoms with E-state index in [1.807, 2.05) is 24.3 Å². The summed E-state index contributed by atoms with van der Waals surface area (Å²) in [4.78, 5) is 26.0. The van der Waals surface area contributed by atoms with Gasteiger partial charge in [0.2, 0.25) is 0 Å². The lowest BCUT2D eigenvalue weighted by Gasteiger charge is -2.26. The number of nitrogens with one attached hydrogen (secondary N) is 1. The Hall–Kier alpha value is -2.81. The molecular formula is C21H24ClN3O5. The average Bonchev–Trinajstić information content (AvgIpc) is 2.73. The van der Waals surface area contributed by atoms with Gasteiger partial charge in [0, 0.05) is 30.9 Å². The Morgan fingerprint density at radius 3 is 2.70 bits per heavy atom. The molecule has 0 aromatic heterocycles. The number of morpholine rings is 1. The maximum Gasteiger partial charge on any atom is 0.255 e.